The number of hydrogen-bond donors (Lipinski definition) is 2. The fraction of sp³-hybridized carbons (Fsp3) is 0.455. The van der Waals surface area contributed by atoms with Crippen LogP contribution in [-0.4, -0.2) is 29.3 Å². The minimum atomic E-state index is -0.444. The van der Waals surface area contributed by atoms with E-state index in [0.717, 1.165) is 0 Å². The summed E-state index contributed by atoms with van der Waals surface area (Å²) in [5.74, 6) is 0.455. The van der Waals surface area contributed by atoms with Crippen molar-refractivity contribution < 1.29 is 14.8 Å². The molecule has 6 heteroatoms. The van der Waals surface area contributed by atoms with Gasteiger partial charge in [-0.15, -0.1) is 0 Å². The molecule has 1 saturated carbocycles. The largest absolute Gasteiger partial charge is 0.496 e. The molecule has 17 heavy (non-hydrogen) atoms. The van der Waals surface area contributed by atoms with Gasteiger partial charge >= 0.3 is 0 Å². The molecule has 1 aliphatic rings. The smallest absolute Gasteiger partial charge is 0.296 e. The second-order valence-corrected chi connectivity index (χ2v) is 4.11. The predicted octanol–water partition coefficient (Wildman–Crippen LogP) is 1.54. The fourth-order valence-electron chi connectivity index (χ4n) is 1.84. The van der Waals surface area contributed by atoms with Crippen LogP contribution in [0, 0.1) is 10.1 Å². The summed E-state index contributed by atoms with van der Waals surface area (Å²) in [7, 11) is 1.47. The van der Waals surface area contributed by atoms with Gasteiger partial charge in [0.1, 0.15) is 11.4 Å². The summed E-state index contributed by atoms with van der Waals surface area (Å²) >= 11 is 0. The van der Waals surface area contributed by atoms with Crippen LogP contribution in [0.2, 0.25) is 0 Å². The first-order valence-corrected chi connectivity index (χ1v) is 5.37. The first kappa shape index (κ1) is 11.7. The average molecular weight is 238 g/mol. The number of methoxy groups -OCH3 is 1. The Kier molecular flexibility index (Phi) is 3.14. The Morgan fingerprint density at radius 1 is 1.53 bits per heavy atom. The molecule has 0 unspecified atom stereocenters. The Labute approximate surface area is 98.4 Å². The maximum absolute atomic E-state index is 10.9. The summed E-state index contributed by atoms with van der Waals surface area (Å²) in [5.41, 5.74) is 0.457. The number of nitrogens with zero attached hydrogens (tertiary/aromatic N) is 1. The molecule has 92 valence electrons. The van der Waals surface area contributed by atoms with Gasteiger partial charge < -0.3 is 15.2 Å². The van der Waals surface area contributed by atoms with Crippen molar-refractivity contribution in [3.63, 3.8) is 0 Å². The molecule has 0 radical (unpaired) electrons. The van der Waals surface area contributed by atoms with Gasteiger partial charge in [0, 0.05) is 6.04 Å². The molecule has 0 aromatic heterocycles. The zero-order chi connectivity index (χ0) is 12.4. The second kappa shape index (κ2) is 4.58. The van der Waals surface area contributed by atoms with Crippen molar-refractivity contribution in [1.29, 1.82) is 0 Å². The van der Waals surface area contributed by atoms with E-state index in [1.807, 2.05) is 0 Å². The highest BCUT2D eigenvalue weighted by atomic mass is 16.6. The van der Waals surface area contributed by atoms with Gasteiger partial charge in [0.15, 0.2) is 0 Å². The van der Waals surface area contributed by atoms with E-state index in [1.54, 1.807) is 12.1 Å². The molecular weight excluding hydrogens is 224 g/mol. The van der Waals surface area contributed by atoms with E-state index in [2.05, 4.69) is 5.32 Å². The van der Waals surface area contributed by atoms with Crippen LogP contribution < -0.4 is 10.1 Å². The molecular formula is C11H14N2O4. The summed E-state index contributed by atoms with van der Waals surface area (Å²) in [6.45, 7) is 0. The van der Waals surface area contributed by atoms with E-state index in [4.69, 9.17) is 9.84 Å². The number of nitro benzene ring substituents is 1. The molecule has 2 rings (SSSR count). The van der Waals surface area contributed by atoms with Gasteiger partial charge in [-0.2, -0.15) is 0 Å². The molecule has 0 spiro atoms. The number of nitro groups is 1. The third kappa shape index (κ3) is 2.47. The van der Waals surface area contributed by atoms with Crippen molar-refractivity contribution in [3.8, 4) is 5.75 Å². The Bertz CT molecular complexity index is 429. The summed E-state index contributed by atoms with van der Waals surface area (Å²) in [4.78, 5) is 10.5. The van der Waals surface area contributed by atoms with Crippen molar-refractivity contribution in [2.45, 2.75) is 25.0 Å². The van der Waals surface area contributed by atoms with Crippen molar-refractivity contribution in [2.75, 3.05) is 12.4 Å². The van der Waals surface area contributed by atoms with E-state index in [9.17, 15) is 10.1 Å². The van der Waals surface area contributed by atoms with Crippen LogP contribution in [0.3, 0.4) is 0 Å². The van der Waals surface area contributed by atoms with E-state index in [0.29, 0.717) is 24.3 Å². The number of hydrogen-bond acceptors (Lipinski definition) is 5. The van der Waals surface area contributed by atoms with Crippen molar-refractivity contribution in [1.82, 2.24) is 0 Å². The minimum Gasteiger partial charge on any atom is -0.496 e. The molecule has 0 aliphatic heterocycles. The highest BCUT2D eigenvalue weighted by molar-refractivity contribution is 5.64. The quantitative estimate of drug-likeness (QED) is 0.614. The molecule has 6 nitrogen and oxygen atoms in total. The van der Waals surface area contributed by atoms with Gasteiger partial charge in [-0.05, 0) is 25.0 Å². The Balaban J connectivity index is 2.17. The van der Waals surface area contributed by atoms with Crippen LogP contribution in [0.25, 0.3) is 0 Å². The van der Waals surface area contributed by atoms with Gasteiger partial charge in [0.2, 0.25) is 0 Å². The zero-order valence-corrected chi connectivity index (χ0v) is 9.42. The SMILES string of the molecule is COc1ccc(NC2CC(O)C2)c([N+](=O)[O-])c1. The Hall–Kier alpha value is -1.82. The maximum Gasteiger partial charge on any atom is 0.296 e. The van der Waals surface area contributed by atoms with E-state index >= 15 is 0 Å². The first-order chi connectivity index (χ1) is 8.10. The molecule has 0 saturated heterocycles. The number of aliphatic hydroxyl groups is 1. The second-order valence-electron chi connectivity index (χ2n) is 4.11. The topological polar surface area (TPSA) is 84.6 Å². The van der Waals surface area contributed by atoms with E-state index in [-0.39, 0.29) is 17.8 Å². The number of nitrogens with one attached hydrogen (secondary N) is 1. The lowest BCUT2D eigenvalue weighted by atomic mass is 9.89. The lowest BCUT2D eigenvalue weighted by molar-refractivity contribution is -0.384. The Morgan fingerprint density at radius 2 is 2.24 bits per heavy atom. The summed E-state index contributed by atoms with van der Waals surface area (Å²) in [6.07, 6.45) is 0.969. The van der Waals surface area contributed by atoms with Crippen LogP contribution >= 0.6 is 0 Å². The molecule has 0 atom stereocenters. The molecule has 1 aliphatic carbocycles. The lowest BCUT2D eigenvalue weighted by Gasteiger charge is -2.32. The van der Waals surface area contributed by atoms with Crippen molar-refractivity contribution >= 4 is 11.4 Å². The average Bonchev–Trinajstić information content (AvgIpc) is 2.27. The highest BCUT2D eigenvalue weighted by Crippen LogP contribution is 2.32. The maximum atomic E-state index is 10.9. The highest BCUT2D eigenvalue weighted by Gasteiger charge is 2.28. The molecule has 0 amide bonds. The predicted molar refractivity (Wildman–Crippen MR) is 62.3 cm³/mol. The van der Waals surface area contributed by atoms with Gasteiger partial charge in [-0.3, -0.25) is 10.1 Å². The summed E-state index contributed by atoms with van der Waals surface area (Å²) in [6, 6.07) is 4.79. The number of ether oxygens (including phenoxy) is 1. The van der Waals surface area contributed by atoms with Crippen LogP contribution in [-0.2, 0) is 0 Å². The summed E-state index contributed by atoms with van der Waals surface area (Å²) in [5, 5.41) is 23.1. The molecule has 1 fully saturated rings. The van der Waals surface area contributed by atoms with E-state index < -0.39 is 4.92 Å². The lowest BCUT2D eigenvalue weighted by Crippen LogP contribution is -2.39. The number of rotatable bonds is 4. The normalized spacial score (nSPS) is 22.7. The minimum absolute atomic E-state index is 0.00857. The first-order valence-electron chi connectivity index (χ1n) is 5.37. The van der Waals surface area contributed by atoms with Gasteiger partial charge in [0.05, 0.1) is 24.2 Å². The molecule has 2 N–H and O–H groups in total. The van der Waals surface area contributed by atoms with Crippen LogP contribution in [0.5, 0.6) is 5.75 Å². The summed E-state index contributed by atoms with van der Waals surface area (Å²) < 4.78 is 4.95. The van der Waals surface area contributed by atoms with Crippen molar-refractivity contribution in [2.24, 2.45) is 0 Å². The van der Waals surface area contributed by atoms with Gasteiger partial charge in [0.25, 0.3) is 5.69 Å². The molecule has 0 bridgehead atoms. The van der Waals surface area contributed by atoms with Crippen molar-refractivity contribution in [3.05, 3.63) is 28.3 Å². The molecule has 1 aromatic rings. The third-order valence-corrected chi connectivity index (χ3v) is 2.87. The number of aliphatic hydroxyl groups excluding tert-OH is 1. The molecule has 1 aromatic carbocycles. The van der Waals surface area contributed by atoms with Crippen LogP contribution in [0.15, 0.2) is 18.2 Å². The standard InChI is InChI=1S/C11H14N2O4/c1-17-9-2-3-10(11(6-9)13(15)16)12-7-4-8(14)5-7/h2-3,6-8,12,14H,4-5H2,1H3. The number of benzene rings is 1. The zero-order valence-electron chi connectivity index (χ0n) is 9.42. The fourth-order valence-corrected chi connectivity index (χ4v) is 1.84. The Morgan fingerprint density at radius 3 is 2.76 bits per heavy atom. The number of anilines is 1. The van der Waals surface area contributed by atoms with Gasteiger partial charge in [-0.25, -0.2) is 0 Å². The third-order valence-electron chi connectivity index (χ3n) is 2.87. The monoisotopic (exact) mass is 238 g/mol. The van der Waals surface area contributed by atoms with Crippen LogP contribution in [0.4, 0.5) is 11.4 Å². The van der Waals surface area contributed by atoms with E-state index in [1.165, 1.54) is 13.2 Å². The molecule has 0 heterocycles. The van der Waals surface area contributed by atoms with Crippen LogP contribution in [0.1, 0.15) is 12.8 Å². The van der Waals surface area contributed by atoms with Gasteiger partial charge in [-0.1, -0.05) is 0 Å².